The molecule has 1 aliphatic rings. The molecule has 1 unspecified atom stereocenters. The number of ether oxygens (including phenoxy) is 1. The van der Waals surface area contributed by atoms with Gasteiger partial charge in [-0.15, -0.1) is 0 Å². The minimum Gasteiger partial charge on any atom is -0.502 e. The smallest absolute Gasteiger partial charge is 0.0878 e. The second-order valence-corrected chi connectivity index (χ2v) is 5.87. The van der Waals surface area contributed by atoms with Crippen LogP contribution in [0.25, 0.3) is 0 Å². The normalized spacial score (nSPS) is 28.7. The molecule has 88 valence electrons. The number of hydrogen-bond donors (Lipinski definition) is 0. The van der Waals surface area contributed by atoms with Gasteiger partial charge in [-0.05, 0) is 43.1 Å². The van der Waals surface area contributed by atoms with E-state index in [-0.39, 0.29) is 0 Å². The minimum absolute atomic E-state index is 0.507. The lowest BCUT2D eigenvalue weighted by atomic mass is 9.83. The van der Waals surface area contributed by atoms with Gasteiger partial charge in [0.15, 0.2) is 0 Å². The van der Waals surface area contributed by atoms with Crippen molar-refractivity contribution in [3.05, 3.63) is 12.3 Å². The second-order valence-electron chi connectivity index (χ2n) is 4.76. The Morgan fingerprint density at radius 2 is 2.20 bits per heavy atom. The molecule has 0 aliphatic carbocycles. The fourth-order valence-electron chi connectivity index (χ4n) is 1.99. The summed E-state index contributed by atoms with van der Waals surface area (Å²) >= 11 is 2.13. The Morgan fingerprint density at radius 3 is 3.00 bits per heavy atom. The largest absolute Gasteiger partial charge is 0.502 e. The van der Waals surface area contributed by atoms with Gasteiger partial charge in [0, 0.05) is 0 Å². The van der Waals surface area contributed by atoms with E-state index in [1.54, 1.807) is 6.26 Å². The van der Waals surface area contributed by atoms with E-state index < -0.39 is 0 Å². The first-order chi connectivity index (χ1) is 7.27. The van der Waals surface area contributed by atoms with Crippen LogP contribution in [-0.4, -0.2) is 18.1 Å². The zero-order valence-electron chi connectivity index (χ0n) is 10.1. The van der Waals surface area contributed by atoms with Crippen LogP contribution in [0.15, 0.2) is 12.3 Å². The Balaban J connectivity index is 2.26. The highest BCUT2D eigenvalue weighted by Crippen LogP contribution is 2.35. The highest BCUT2D eigenvalue weighted by molar-refractivity contribution is 7.99. The third-order valence-electron chi connectivity index (χ3n) is 3.08. The molecule has 0 spiro atoms. The maximum Gasteiger partial charge on any atom is 0.0878 e. The molecule has 0 radical (unpaired) electrons. The van der Waals surface area contributed by atoms with Gasteiger partial charge >= 0.3 is 0 Å². The molecule has 1 heterocycles. The number of rotatable bonds is 4. The molecule has 0 aromatic carbocycles. The van der Waals surface area contributed by atoms with Crippen molar-refractivity contribution in [2.75, 3.05) is 18.1 Å². The zero-order valence-corrected chi connectivity index (χ0v) is 10.9. The summed E-state index contributed by atoms with van der Waals surface area (Å²) in [5.41, 5.74) is 0.507. The molecule has 1 aliphatic heterocycles. The van der Waals surface area contributed by atoms with Crippen LogP contribution in [0.5, 0.6) is 0 Å². The first-order valence-electron chi connectivity index (χ1n) is 6.07. The van der Waals surface area contributed by atoms with Crippen molar-refractivity contribution in [2.24, 2.45) is 5.41 Å². The molecular formula is C13H24OS. The van der Waals surface area contributed by atoms with Gasteiger partial charge in [-0.3, -0.25) is 0 Å². The van der Waals surface area contributed by atoms with Crippen molar-refractivity contribution in [1.82, 2.24) is 0 Å². The van der Waals surface area contributed by atoms with Gasteiger partial charge in [0.2, 0.25) is 0 Å². The minimum atomic E-state index is 0.507. The summed E-state index contributed by atoms with van der Waals surface area (Å²) in [6, 6.07) is 0. The number of hydrogen-bond acceptors (Lipinski definition) is 2. The standard InChI is InChI=1S/C13H24OS/c1-3-9-14-10-8-13(2)7-5-4-6-11-15-12-13/h3,9H,4-8,10-12H2,1-2H3/b9-3+. The van der Waals surface area contributed by atoms with E-state index in [0.29, 0.717) is 5.41 Å². The van der Waals surface area contributed by atoms with E-state index in [2.05, 4.69) is 18.7 Å². The molecule has 15 heavy (non-hydrogen) atoms. The van der Waals surface area contributed by atoms with Gasteiger partial charge in [0.1, 0.15) is 0 Å². The quantitative estimate of drug-likeness (QED) is 0.526. The van der Waals surface area contributed by atoms with Crippen LogP contribution >= 0.6 is 11.8 Å². The monoisotopic (exact) mass is 228 g/mol. The van der Waals surface area contributed by atoms with Gasteiger partial charge in [0.25, 0.3) is 0 Å². The summed E-state index contributed by atoms with van der Waals surface area (Å²) in [7, 11) is 0. The molecule has 0 amide bonds. The average molecular weight is 228 g/mol. The summed E-state index contributed by atoms with van der Waals surface area (Å²) in [4.78, 5) is 0. The molecule has 0 aromatic heterocycles. The molecule has 0 N–H and O–H groups in total. The molecule has 1 saturated heterocycles. The van der Waals surface area contributed by atoms with E-state index in [1.807, 2.05) is 13.0 Å². The lowest BCUT2D eigenvalue weighted by Crippen LogP contribution is -2.23. The van der Waals surface area contributed by atoms with Crippen LogP contribution in [0.1, 0.15) is 46.0 Å². The van der Waals surface area contributed by atoms with E-state index in [4.69, 9.17) is 4.74 Å². The molecule has 1 rings (SSSR count). The van der Waals surface area contributed by atoms with E-state index in [1.165, 1.54) is 43.6 Å². The highest BCUT2D eigenvalue weighted by Gasteiger charge is 2.24. The molecule has 2 heteroatoms. The van der Waals surface area contributed by atoms with Crippen molar-refractivity contribution < 1.29 is 4.74 Å². The number of allylic oxidation sites excluding steroid dienone is 1. The maximum atomic E-state index is 5.43. The lowest BCUT2D eigenvalue weighted by Gasteiger charge is -2.30. The van der Waals surface area contributed by atoms with Gasteiger partial charge in [0.05, 0.1) is 12.9 Å². The van der Waals surface area contributed by atoms with Crippen molar-refractivity contribution in [3.63, 3.8) is 0 Å². The lowest BCUT2D eigenvalue weighted by molar-refractivity contribution is 0.179. The fourth-order valence-corrected chi connectivity index (χ4v) is 3.32. The fraction of sp³-hybridized carbons (Fsp3) is 0.846. The molecule has 0 saturated carbocycles. The zero-order chi connectivity index (χ0) is 11.0. The number of thioether (sulfide) groups is 1. The van der Waals surface area contributed by atoms with Crippen molar-refractivity contribution >= 4 is 11.8 Å². The predicted octanol–water partition coefficient (Wildman–Crippen LogP) is 4.24. The van der Waals surface area contributed by atoms with Crippen molar-refractivity contribution in [3.8, 4) is 0 Å². The summed E-state index contributed by atoms with van der Waals surface area (Å²) in [6.45, 7) is 5.29. The topological polar surface area (TPSA) is 9.23 Å². The van der Waals surface area contributed by atoms with Crippen molar-refractivity contribution in [1.29, 1.82) is 0 Å². The molecule has 0 bridgehead atoms. The Kier molecular flexibility index (Phi) is 6.23. The van der Waals surface area contributed by atoms with Gasteiger partial charge in [-0.2, -0.15) is 11.8 Å². The van der Waals surface area contributed by atoms with Crippen LogP contribution in [0.3, 0.4) is 0 Å². The summed E-state index contributed by atoms with van der Waals surface area (Å²) in [5.74, 6) is 2.66. The first-order valence-corrected chi connectivity index (χ1v) is 7.23. The Bertz CT molecular complexity index is 181. The Morgan fingerprint density at radius 1 is 1.33 bits per heavy atom. The summed E-state index contributed by atoms with van der Waals surface area (Å²) < 4.78 is 5.43. The van der Waals surface area contributed by atoms with Crippen molar-refractivity contribution in [2.45, 2.75) is 46.0 Å². The van der Waals surface area contributed by atoms with E-state index >= 15 is 0 Å². The van der Waals surface area contributed by atoms with Gasteiger partial charge < -0.3 is 4.74 Å². The predicted molar refractivity (Wildman–Crippen MR) is 69.3 cm³/mol. The average Bonchev–Trinajstić information content (AvgIpc) is 2.20. The molecular weight excluding hydrogens is 204 g/mol. The van der Waals surface area contributed by atoms with E-state index in [0.717, 1.165) is 6.61 Å². The van der Waals surface area contributed by atoms with Gasteiger partial charge in [-0.25, -0.2) is 0 Å². The summed E-state index contributed by atoms with van der Waals surface area (Å²) in [6.07, 6.45) is 10.6. The van der Waals surface area contributed by atoms with Crippen LogP contribution in [0.2, 0.25) is 0 Å². The van der Waals surface area contributed by atoms with Crippen LogP contribution in [0, 0.1) is 5.41 Å². The van der Waals surface area contributed by atoms with Crippen LogP contribution in [-0.2, 0) is 4.74 Å². The van der Waals surface area contributed by atoms with Crippen LogP contribution in [0.4, 0.5) is 0 Å². The van der Waals surface area contributed by atoms with Gasteiger partial charge in [-0.1, -0.05) is 25.8 Å². The Hall–Kier alpha value is -0.110. The second kappa shape index (κ2) is 7.21. The highest BCUT2D eigenvalue weighted by atomic mass is 32.2. The molecule has 0 aromatic rings. The molecule has 1 atom stereocenters. The molecule has 1 fully saturated rings. The first kappa shape index (κ1) is 13.0. The molecule has 1 nitrogen and oxygen atoms in total. The Labute approximate surface area is 98.7 Å². The summed E-state index contributed by atoms with van der Waals surface area (Å²) in [5, 5.41) is 0. The maximum absolute atomic E-state index is 5.43. The van der Waals surface area contributed by atoms with E-state index in [9.17, 15) is 0 Å². The van der Waals surface area contributed by atoms with Crippen LogP contribution < -0.4 is 0 Å². The SMILES string of the molecule is C/C=C/OCCC1(C)CCCCCSC1. The third kappa shape index (κ3) is 5.50. The third-order valence-corrected chi connectivity index (χ3v) is 4.55.